The van der Waals surface area contributed by atoms with Gasteiger partial charge in [0, 0.05) is 11.4 Å². The molecular weight excluding hydrogens is 288 g/mol. The molecule has 0 aliphatic carbocycles. The molecule has 0 aliphatic rings. The van der Waals surface area contributed by atoms with E-state index in [9.17, 15) is 4.79 Å². The predicted molar refractivity (Wildman–Crippen MR) is 83.6 cm³/mol. The van der Waals surface area contributed by atoms with Crippen LogP contribution in [0.25, 0.3) is 0 Å². The zero-order valence-electron chi connectivity index (χ0n) is 10.8. The second-order valence-electron chi connectivity index (χ2n) is 3.82. The van der Waals surface area contributed by atoms with Crippen molar-refractivity contribution >= 4 is 41.4 Å². The van der Waals surface area contributed by atoms with Gasteiger partial charge in [-0.1, -0.05) is 6.07 Å². The van der Waals surface area contributed by atoms with Crippen molar-refractivity contribution in [3.8, 4) is 0 Å². The predicted octanol–water partition coefficient (Wildman–Crippen LogP) is 2.60. The van der Waals surface area contributed by atoms with E-state index < -0.39 is 0 Å². The molecule has 0 saturated carbocycles. The zero-order chi connectivity index (χ0) is 12.7. The van der Waals surface area contributed by atoms with Crippen LogP contribution < -0.4 is 5.73 Å². The highest BCUT2D eigenvalue weighted by Crippen LogP contribution is 2.13. The van der Waals surface area contributed by atoms with Crippen LogP contribution in [-0.2, 0) is 11.3 Å². The first-order valence-corrected chi connectivity index (χ1v) is 8.02. The van der Waals surface area contributed by atoms with Crippen molar-refractivity contribution in [2.75, 3.05) is 18.6 Å². The number of carbonyl (C=O) groups excluding carboxylic acids is 1. The Balaban J connectivity index is 0.00000289. The fourth-order valence-corrected chi connectivity index (χ4v) is 2.75. The van der Waals surface area contributed by atoms with Gasteiger partial charge < -0.3 is 10.6 Å². The number of thioether (sulfide) groups is 1. The van der Waals surface area contributed by atoms with Crippen LogP contribution in [0, 0.1) is 0 Å². The maximum absolute atomic E-state index is 12.1. The molecule has 0 spiro atoms. The van der Waals surface area contributed by atoms with E-state index in [4.69, 9.17) is 5.73 Å². The van der Waals surface area contributed by atoms with E-state index in [-0.39, 0.29) is 24.4 Å². The van der Waals surface area contributed by atoms with Crippen molar-refractivity contribution in [3.05, 3.63) is 22.4 Å². The lowest BCUT2D eigenvalue weighted by molar-refractivity contribution is -0.133. The molecule has 1 rings (SSSR count). The van der Waals surface area contributed by atoms with Crippen LogP contribution in [0.3, 0.4) is 0 Å². The number of hydrogen-bond acceptors (Lipinski definition) is 4. The van der Waals surface area contributed by atoms with Gasteiger partial charge in [-0.3, -0.25) is 4.79 Å². The number of likely N-dealkylation sites (N-methyl/N-ethyl adjacent to an activating group) is 1. The topological polar surface area (TPSA) is 46.3 Å². The summed E-state index contributed by atoms with van der Waals surface area (Å²) in [5.74, 6) is 0.999. The van der Waals surface area contributed by atoms with Gasteiger partial charge in [-0.15, -0.1) is 23.7 Å². The molecule has 1 amide bonds. The third-order valence-corrected chi connectivity index (χ3v) is 4.08. The first-order valence-electron chi connectivity index (χ1n) is 5.74. The minimum Gasteiger partial charge on any atom is -0.336 e. The number of nitrogens with two attached hydrogens (primary N) is 1. The van der Waals surface area contributed by atoms with Crippen molar-refractivity contribution in [1.29, 1.82) is 0 Å². The van der Waals surface area contributed by atoms with Gasteiger partial charge in [0.1, 0.15) is 0 Å². The van der Waals surface area contributed by atoms with E-state index in [0.717, 1.165) is 12.2 Å². The summed E-state index contributed by atoms with van der Waals surface area (Å²) < 4.78 is 0. The molecule has 2 N–H and O–H groups in total. The lowest BCUT2D eigenvalue weighted by Gasteiger charge is -2.23. The van der Waals surface area contributed by atoms with Crippen LogP contribution in [-0.4, -0.2) is 35.4 Å². The number of rotatable bonds is 7. The molecule has 0 radical (unpaired) electrons. The number of thiophene rings is 1. The molecular formula is C12H21ClN2OS2. The van der Waals surface area contributed by atoms with Crippen molar-refractivity contribution in [2.24, 2.45) is 5.73 Å². The van der Waals surface area contributed by atoms with Gasteiger partial charge >= 0.3 is 0 Å². The summed E-state index contributed by atoms with van der Waals surface area (Å²) in [6.07, 6.45) is 2.78. The van der Waals surface area contributed by atoms with Crippen LogP contribution in [0.4, 0.5) is 0 Å². The van der Waals surface area contributed by atoms with E-state index in [0.29, 0.717) is 13.1 Å². The Morgan fingerprint density at radius 3 is 2.83 bits per heavy atom. The average Bonchev–Trinajstić information content (AvgIpc) is 2.84. The van der Waals surface area contributed by atoms with Gasteiger partial charge in [-0.25, -0.2) is 0 Å². The van der Waals surface area contributed by atoms with E-state index in [1.807, 2.05) is 35.6 Å². The zero-order valence-corrected chi connectivity index (χ0v) is 13.2. The molecule has 1 aromatic heterocycles. The fraction of sp³-hybridized carbons (Fsp3) is 0.583. The number of amides is 1. The van der Waals surface area contributed by atoms with E-state index in [2.05, 4.69) is 0 Å². The van der Waals surface area contributed by atoms with Gasteiger partial charge in [0.05, 0.1) is 12.6 Å². The Bertz CT molecular complexity index is 333. The second kappa shape index (κ2) is 9.67. The highest BCUT2D eigenvalue weighted by atomic mass is 35.5. The van der Waals surface area contributed by atoms with Crippen LogP contribution in [0.2, 0.25) is 0 Å². The molecule has 0 aromatic carbocycles. The fourth-order valence-electron chi connectivity index (χ4n) is 1.54. The Hall–Kier alpha value is -0.230. The summed E-state index contributed by atoms with van der Waals surface area (Å²) >= 11 is 3.40. The van der Waals surface area contributed by atoms with Gasteiger partial charge in [0.25, 0.3) is 0 Å². The third-order valence-electron chi connectivity index (χ3n) is 2.57. The average molecular weight is 309 g/mol. The molecule has 0 aliphatic heterocycles. The highest BCUT2D eigenvalue weighted by Gasteiger charge is 2.19. The van der Waals surface area contributed by atoms with E-state index >= 15 is 0 Å². The molecule has 0 bridgehead atoms. The molecule has 1 atom stereocenters. The largest absolute Gasteiger partial charge is 0.336 e. The minimum absolute atomic E-state index is 0. The van der Waals surface area contributed by atoms with Crippen molar-refractivity contribution < 1.29 is 4.79 Å². The molecule has 0 unspecified atom stereocenters. The third kappa shape index (κ3) is 5.61. The number of halogens is 1. The molecule has 3 nitrogen and oxygen atoms in total. The summed E-state index contributed by atoms with van der Waals surface area (Å²) in [6, 6.07) is 3.70. The van der Waals surface area contributed by atoms with Crippen LogP contribution >= 0.6 is 35.5 Å². The van der Waals surface area contributed by atoms with Crippen LogP contribution in [0.15, 0.2) is 17.5 Å². The highest BCUT2D eigenvalue weighted by molar-refractivity contribution is 7.98. The maximum Gasteiger partial charge on any atom is 0.239 e. The molecule has 1 heterocycles. The minimum atomic E-state index is -0.359. The van der Waals surface area contributed by atoms with Gasteiger partial charge in [-0.2, -0.15) is 11.8 Å². The summed E-state index contributed by atoms with van der Waals surface area (Å²) in [6.45, 7) is 3.39. The van der Waals surface area contributed by atoms with Crippen molar-refractivity contribution in [2.45, 2.75) is 25.9 Å². The number of carbonyl (C=O) groups is 1. The Labute approximate surface area is 124 Å². The van der Waals surface area contributed by atoms with Gasteiger partial charge in [0.2, 0.25) is 5.91 Å². The normalized spacial score (nSPS) is 11.7. The van der Waals surface area contributed by atoms with Crippen LogP contribution in [0.1, 0.15) is 18.2 Å². The summed E-state index contributed by atoms with van der Waals surface area (Å²) in [5.41, 5.74) is 5.91. The molecule has 0 saturated heterocycles. The molecule has 0 fully saturated rings. The second-order valence-corrected chi connectivity index (χ2v) is 5.84. The summed E-state index contributed by atoms with van der Waals surface area (Å²) in [5, 5.41) is 2.03. The van der Waals surface area contributed by atoms with Crippen LogP contribution in [0.5, 0.6) is 0 Å². The van der Waals surface area contributed by atoms with Gasteiger partial charge in [-0.05, 0) is 36.8 Å². The molecule has 6 heteroatoms. The Kier molecular flexibility index (Phi) is 9.54. The van der Waals surface area contributed by atoms with E-state index in [1.165, 1.54) is 4.88 Å². The first kappa shape index (κ1) is 17.8. The summed E-state index contributed by atoms with van der Waals surface area (Å²) in [7, 11) is 0. The summed E-state index contributed by atoms with van der Waals surface area (Å²) in [4.78, 5) is 15.1. The lowest BCUT2D eigenvalue weighted by Crippen LogP contribution is -2.43. The molecule has 18 heavy (non-hydrogen) atoms. The lowest BCUT2D eigenvalue weighted by atomic mass is 10.2. The number of hydrogen-bond donors (Lipinski definition) is 1. The monoisotopic (exact) mass is 308 g/mol. The maximum atomic E-state index is 12.1. The van der Waals surface area contributed by atoms with Gasteiger partial charge in [0.15, 0.2) is 0 Å². The van der Waals surface area contributed by atoms with Crippen molar-refractivity contribution in [3.63, 3.8) is 0 Å². The quantitative estimate of drug-likeness (QED) is 0.842. The van der Waals surface area contributed by atoms with Crippen molar-refractivity contribution in [1.82, 2.24) is 4.90 Å². The Morgan fingerprint density at radius 2 is 2.33 bits per heavy atom. The molecule has 104 valence electrons. The van der Waals surface area contributed by atoms with E-state index in [1.54, 1.807) is 23.1 Å². The Morgan fingerprint density at radius 1 is 1.61 bits per heavy atom. The number of nitrogens with zero attached hydrogens (tertiary/aromatic N) is 1. The molecule has 1 aromatic rings. The first-order chi connectivity index (χ1) is 8.19. The SMILES string of the molecule is CCN(Cc1cccs1)C(=O)[C@@H](N)CCSC.Cl. The standard InChI is InChI=1S/C12H20N2OS2.ClH/c1-3-14(9-10-5-4-7-17-10)12(15)11(13)6-8-16-2;/h4-5,7,11H,3,6,8-9,13H2,1-2H3;1H/t11-;/m0./s1. The smallest absolute Gasteiger partial charge is 0.239 e.